The van der Waals surface area contributed by atoms with Crippen LogP contribution < -0.4 is 5.32 Å². The van der Waals surface area contributed by atoms with E-state index in [1.807, 2.05) is 27.7 Å². The van der Waals surface area contributed by atoms with Gasteiger partial charge in [0.15, 0.2) is 0 Å². The van der Waals surface area contributed by atoms with E-state index in [2.05, 4.69) is 34.5 Å². The van der Waals surface area contributed by atoms with E-state index in [-0.39, 0.29) is 12.1 Å². The fourth-order valence-electron chi connectivity index (χ4n) is 2.50. The van der Waals surface area contributed by atoms with Gasteiger partial charge in [-0.2, -0.15) is 0 Å². The molecule has 1 aliphatic heterocycles. The van der Waals surface area contributed by atoms with Crippen LogP contribution in [-0.2, 0) is 16.0 Å². The van der Waals surface area contributed by atoms with Crippen LogP contribution in [0, 0.1) is 0 Å². The molecule has 0 radical (unpaired) electrons. The Hall–Kier alpha value is -1.59. The van der Waals surface area contributed by atoms with Crippen molar-refractivity contribution < 1.29 is 14.3 Å². The lowest BCUT2D eigenvalue weighted by molar-refractivity contribution is 0.0342. The van der Waals surface area contributed by atoms with Crippen molar-refractivity contribution in [3.63, 3.8) is 0 Å². The predicted octanol–water partition coefficient (Wildman–Crippen LogP) is 3.10. The number of amides is 1. The molecule has 128 valence electrons. The SMILES string of the molecule is C[C@H](NC(=O)OC(C)(C)C)c1ccc(CN2CCOCC2)cc1. The third-order valence-corrected chi connectivity index (χ3v) is 3.72. The molecule has 1 amide bonds. The number of hydrogen-bond acceptors (Lipinski definition) is 4. The topological polar surface area (TPSA) is 50.8 Å². The van der Waals surface area contributed by atoms with Crippen LogP contribution in [-0.4, -0.2) is 42.9 Å². The molecule has 2 rings (SSSR count). The minimum Gasteiger partial charge on any atom is -0.444 e. The molecule has 1 fully saturated rings. The van der Waals surface area contributed by atoms with Crippen LogP contribution in [0.4, 0.5) is 4.79 Å². The largest absolute Gasteiger partial charge is 0.444 e. The third kappa shape index (κ3) is 6.20. The van der Waals surface area contributed by atoms with Gasteiger partial charge in [0.05, 0.1) is 19.3 Å². The van der Waals surface area contributed by atoms with Crippen molar-refractivity contribution in [3.8, 4) is 0 Å². The Kier molecular flexibility index (Phi) is 6.02. The first-order valence-corrected chi connectivity index (χ1v) is 8.22. The molecule has 0 bridgehead atoms. The van der Waals surface area contributed by atoms with Gasteiger partial charge in [0.1, 0.15) is 5.60 Å². The van der Waals surface area contributed by atoms with Crippen molar-refractivity contribution >= 4 is 6.09 Å². The molecule has 5 heteroatoms. The van der Waals surface area contributed by atoms with E-state index in [1.165, 1.54) is 5.56 Å². The Morgan fingerprint density at radius 1 is 1.26 bits per heavy atom. The maximum atomic E-state index is 11.8. The van der Waals surface area contributed by atoms with Gasteiger partial charge in [-0.1, -0.05) is 24.3 Å². The van der Waals surface area contributed by atoms with E-state index in [0.29, 0.717) is 0 Å². The number of nitrogens with one attached hydrogen (secondary N) is 1. The van der Waals surface area contributed by atoms with Crippen LogP contribution in [0.5, 0.6) is 0 Å². The molecule has 1 heterocycles. The summed E-state index contributed by atoms with van der Waals surface area (Å²) in [5, 5.41) is 2.87. The quantitative estimate of drug-likeness (QED) is 0.926. The zero-order valence-corrected chi connectivity index (χ0v) is 14.6. The van der Waals surface area contributed by atoms with E-state index >= 15 is 0 Å². The summed E-state index contributed by atoms with van der Waals surface area (Å²) in [4.78, 5) is 14.2. The predicted molar refractivity (Wildman–Crippen MR) is 90.3 cm³/mol. The van der Waals surface area contributed by atoms with Gasteiger partial charge >= 0.3 is 6.09 Å². The summed E-state index contributed by atoms with van der Waals surface area (Å²) in [6.07, 6.45) is -0.387. The van der Waals surface area contributed by atoms with Gasteiger partial charge in [0.25, 0.3) is 0 Å². The highest BCUT2D eigenvalue weighted by atomic mass is 16.6. The summed E-state index contributed by atoms with van der Waals surface area (Å²) in [5.41, 5.74) is 1.87. The minimum atomic E-state index is -0.480. The van der Waals surface area contributed by atoms with Crippen molar-refractivity contribution in [3.05, 3.63) is 35.4 Å². The van der Waals surface area contributed by atoms with Gasteiger partial charge in [0.2, 0.25) is 0 Å². The molecule has 1 saturated heterocycles. The van der Waals surface area contributed by atoms with Crippen LogP contribution in [0.1, 0.15) is 44.9 Å². The molecule has 5 nitrogen and oxygen atoms in total. The fourth-order valence-corrected chi connectivity index (χ4v) is 2.50. The fraction of sp³-hybridized carbons (Fsp3) is 0.611. The van der Waals surface area contributed by atoms with E-state index in [9.17, 15) is 4.79 Å². The van der Waals surface area contributed by atoms with E-state index < -0.39 is 5.60 Å². The second-order valence-electron chi connectivity index (χ2n) is 7.00. The van der Waals surface area contributed by atoms with Crippen LogP contribution in [0.3, 0.4) is 0 Å². The average Bonchev–Trinajstić information content (AvgIpc) is 2.47. The number of benzene rings is 1. The maximum absolute atomic E-state index is 11.8. The molecule has 1 N–H and O–H groups in total. The van der Waals surface area contributed by atoms with Crippen molar-refractivity contribution in [1.29, 1.82) is 0 Å². The summed E-state index contributed by atoms with van der Waals surface area (Å²) >= 11 is 0. The maximum Gasteiger partial charge on any atom is 0.408 e. The molecule has 0 saturated carbocycles. The van der Waals surface area contributed by atoms with Crippen molar-refractivity contribution in [2.75, 3.05) is 26.3 Å². The van der Waals surface area contributed by atoms with Gasteiger partial charge in [-0.05, 0) is 38.8 Å². The van der Waals surface area contributed by atoms with Gasteiger partial charge in [-0.3, -0.25) is 4.90 Å². The number of morpholine rings is 1. The summed E-state index contributed by atoms with van der Waals surface area (Å²) in [6.45, 7) is 12.1. The lowest BCUT2D eigenvalue weighted by atomic mass is 10.1. The lowest BCUT2D eigenvalue weighted by Gasteiger charge is -2.26. The molecule has 1 aromatic carbocycles. The summed E-state index contributed by atoms with van der Waals surface area (Å²) < 4.78 is 10.7. The van der Waals surface area contributed by atoms with Crippen LogP contribution in [0.25, 0.3) is 0 Å². The Morgan fingerprint density at radius 3 is 2.43 bits per heavy atom. The van der Waals surface area contributed by atoms with Gasteiger partial charge in [0, 0.05) is 19.6 Å². The van der Waals surface area contributed by atoms with E-state index in [4.69, 9.17) is 9.47 Å². The molecule has 0 unspecified atom stereocenters. The zero-order chi connectivity index (χ0) is 16.9. The molecular formula is C18H28N2O3. The van der Waals surface area contributed by atoms with Crippen LogP contribution in [0.15, 0.2) is 24.3 Å². The number of nitrogens with zero attached hydrogens (tertiary/aromatic N) is 1. The number of hydrogen-bond donors (Lipinski definition) is 1. The molecule has 0 spiro atoms. The Labute approximate surface area is 139 Å². The van der Waals surface area contributed by atoms with Crippen LogP contribution in [0.2, 0.25) is 0 Å². The smallest absolute Gasteiger partial charge is 0.408 e. The second kappa shape index (κ2) is 7.79. The summed E-state index contributed by atoms with van der Waals surface area (Å²) in [5.74, 6) is 0. The number of ether oxygens (including phenoxy) is 2. The van der Waals surface area contributed by atoms with E-state index in [0.717, 1.165) is 38.4 Å². The molecule has 1 aromatic rings. The monoisotopic (exact) mass is 320 g/mol. The molecule has 1 aliphatic rings. The van der Waals surface area contributed by atoms with Crippen LogP contribution >= 0.6 is 0 Å². The van der Waals surface area contributed by atoms with Gasteiger partial charge in [-0.25, -0.2) is 4.79 Å². The van der Waals surface area contributed by atoms with Crippen molar-refractivity contribution in [2.24, 2.45) is 0 Å². The molecular weight excluding hydrogens is 292 g/mol. The highest BCUT2D eigenvalue weighted by molar-refractivity contribution is 5.68. The summed E-state index contributed by atoms with van der Waals surface area (Å²) in [6, 6.07) is 8.30. The summed E-state index contributed by atoms with van der Waals surface area (Å²) in [7, 11) is 0. The van der Waals surface area contributed by atoms with Gasteiger partial charge in [-0.15, -0.1) is 0 Å². The number of carbonyl (C=O) groups is 1. The van der Waals surface area contributed by atoms with Gasteiger partial charge < -0.3 is 14.8 Å². The number of alkyl carbamates (subject to hydrolysis) is 1. The number of rotatable bonds is 4. The first kappa shape index (κ1) is 17.8. The Balaban J connectivity index is 1.86. The Morgan fingerprint density at radius 2 is 1.87 bits per heavy atom. The first-order valence-electron chi connectivity index (χ1n) is 8.22. The van der Waals surface area contributed by atoms with E-state index in [1.54, 1.807) is 0 Å². The minimum absolute atomic E-state index is 0.0812. The highest BCUT2D eigenvalue weighted by Gasteiger charge is 2.18. The normalized spacial score (nSPS) is 17.6. The highest BCUT2D eigenvalue weighted by Crippen LogP contribution is 2.16. The van der Waals surface area contributed by atoms with Crippen molar-refractivity contribution in [1.82, 2.24) is 10.2 Å². The molecule has 23 heavy (non-hydrogen) atoms. The second-order valence-corrected chi connectivity index (χ2v) is 7.00. The lowest BCUT2D eigenvalue weighted by Crippen LogP contribution is -2.35. The molecule has 1 atom stereocenters. The third-order valence-electron chi connectivity index (χ3n) is 3.72. The zero-order valence-electron chi connectivity index (χ0n) is 14.6. The average molecular weight is 320 g/mol. The molecule has 0 aliphatic carbocycles. The van der Waals surface area contributed by atoms with Crippen molar-refractivity contribution in [2.45, 2.75) is 45.9 Å². The molecule has 0 aromatic heterocycles. The number of carbonyl (C=O) groups excluding carboxylic acids is 1. The Bertz CT molecular complexity index is 502. The standard InChI is InChI=1S/C18H28N2O3/c1-14(19-17(21)23-18(2,3)4)16-7-5-15(6-8-16)13-20-9-11-22-12-10-20/h5-8,14H,9-13H2,1-4H3,(H,19,21)/t14-/m0/s1. The first-order chi connectivity index (χ1) is 10.8.